The third kappa shape index (κ3) is 2.45. The van der Waals surface area contributed by atoms with E-state index in [-0.39, 0.29) is 13.0 Å². The minimum atomic E-state index is -1.09. The Kier molecular flexibility index (Phi) is 3.65. The number of aliphatic hydroxyl groups is 1. The minimum Gasteiger partial charge on any atom is -0.480 e. The maximum Gasteiger partial charge on any atom is 0.326 e. The first-order valence-corrected chi connectivity index (χ1v) is 4.94. The van der Waals surface area contributed by atoms with E-state index in [1.807, 2.05) is 0 Å². The van der Waals surface area contributed by atoms with Crippen molar-refractivity contribution < 1.29 is 19.8 Å². The molecule has 0 unspecified atom stereocenters. The van der Waals surface area contributed by atoms with Gasteiger partial charge in [-0.2, -0.15) is 0 Å². The Labute approximate surface area is 87.7 Å². The topological polar surface area (TPSA) is 104 Å². The summed E-state index contributed by atoms with van der Waals surface area (Å²) in [5.74, 6) is -1.50. The predicted molar refractivity (Wildman–Crippen MR) is 52.0 cm³/mol. The highest BCUT2D eigenvalue weighted by Gasteiger charge is 2.39. The first-order chi connectivity index (χ1) is 6.97. The molecule has 0 saturated carbocycles. The highest BCUT2D eigenvalue weighted by atomic mass is 16.4. The molecule has 4 N–H and O–H groups in total. The second kappa shape index (κ2) is 4.59. The van der Waals surface area contributed by atoms with Crippen molar-refractivity contribution in [1.29, 1.82) is 0 Å². The van der Waals surface area contributed by atoms with Crippen molar-refractivity contribution in [2.45, 2.75) is 38.0 Å². The number of carbonyl (C=O) groups excluding carboxylic acids is 1. The molecule has 0 radical (unpaired) electrons. The summed E-state index contributed by atoms with van der Waals surface area (Å²) in [7, 11) is 0. The zero-order chi connectivity index (χ0) is 11.6. The summed E-state index contributed by atoms with van der Waals surface area (Å²) in [6, 6.07) is -1.62. The molecule has 1 aliphatic heterocycles. The van der Waals surface area contributed by atoms with Crippen LogP contribution in [0.1, 0.15) is 19.8 Å². The van der Waals surface area contributed by atoms with Gasteiger partial charge in [0.25, 0.3) is 0 Å². The summed E-state index contributed by atoms with van der Waals surface area (Å²) < 4.78 is 0. The van der Waals surface area contributed by atoms with Gasteiger partial charge in [-0.25, -0.2) is 4.79 Å². The second-order valence-corrected chi connectivity index (χ2v) is 3.75. The van der Waals surface area contributed by atoms with Crippen LogP contribution in [0.25, 0.3) is 0 Å². The molecule has 1 amide bonds. The zero-order valence-electron chi connectivity index (χ0n) is 8.59. The van der Waals surface area contributed by atoms with Crippen LogP contribution in [0.5, 0.6) is 0 Å². The van der Waals surface area contributed by atoms with Crippen LogP contribution in [0, 0.1) is 0 Å². The number of likely N-dealkylation sites (tertiary alicyclic amines) is 1. The van der Waals surface area contributed by atoms with Gasteiger partial charge in [0.1, 0.15) is 6.04 Å². The largest absolute Gasteiger partial charge is 0.480 e. The molecule has 0 aromatic carbocycles. The molecule has 1 heterocycles. The van der Waals surface area contributed by atoms with Gasteiger partial charge >= 0.3 is 5.97 Å². The van der Waals surface area contributed by atoms with E-state index < -0.39 is 30.1 Å². The van der Waals surface area contributed by atoms with Gasteiger partial charge in [-0.05, 0) is 6.42 Å². The average Bonchev–Trinajstić information content (AvgIpc) is 2.58. The SMILES string of the molecule is CC[C@@H](N)C(=O)N1C[C@H](O)C[C@H]1C(=O)O. The highest BCUT2D eigenvalue weighted by Crippen LogP contribution is 2.19. The number of carboxylic acids is 1. The van der Waals surface area contributed by atoms with Gasteiger partial charge in [0.05, 0.1) is 12.1 Å². The van der Waals surface area contributed by atoms with E-state index >= 15 is 0 Å². The maximum atomic E-state index is 11.7. The summed E-state index contributed by atoms with van der Waals surface area (Å²) >= 11 is 0. The lowest BCUT2D eigenvalue weighted by atomic mass is 10.1. The second-order valence-electron chi connectivity index (χ2n) is 3.75. The lowest BCUT2D eigenvalue weighted by Gasteiger charge is -2.23. The fraction of sp³-hybridized carbons (Fsp3) is 0.778. The molecule has 1 fully saturated rings. The molecule has 15 heavy (non-hydrogen) atoms. The van der Waals surface area contributed by atoms with Crippen LogP contribution in [0.4, 0.5) is 0 Å². The lowest BCUT2D eigenvalue weighted by Crippen LogP contribution is -2.48. The van der Waals surface area contributed by atoms with E-state index in [0.717, 1.165) is 4.90 Å². The van der Waals surface area contributed by atoms with Gasteiger partial charge in [-0.3, -0.25) is 4.79 Å². The Morgan fingerprint density at radius 2 is 2.20 bits per heavy atom. The molecular weight excluding hydrogens is 200 g/mol. The van der Waals surface area contributed by atoms with Crippen molar-refractivity contribution in [3.63, 3.8) is 0 Å². The van der Waals surface area contributed by atoms with E-state index in [2.05, 4.69) is 0 Å². The van der Waals surface area contributed by atoms with Gasteiger partial charge in [-0.1, -0.05) is 6.92 Å². The molecule has 86 valence electrons. The Morgan fingerprint density at radius 3 is 2.67 bits per heavy atom. The van der Waals surface area contributed by atoms with Gasteiger partial charge in [-0.15, -0.1) is 0 Å². The molecule has 6 heteroatoms. The quantitative estimate of drug-likeness (QED) is 0.548. The van der Waals surface area contributed by atoms with E-state index in [1.165, 1.54) is 0 Å². The molecule has 6 nitrogen and oxygen atoms in total. The number of hydrogen-bond acceptors (Lipinski definition) is 4. The van der Waals surface area contributed by atoms with E-state index in [4.69, 9.17) is 10.8 Å². The number of nitrogens with zero attached hydrogens (tertiary/aromatic N) is 1. The summed E-state index contributed by atoms with van der Waals surface area (Å²) in [6.45, 7) is 1.81. The number of aliphatic hydroxyl groups excluding tert-OH is 1. The van der Waals surface area contributed by atoms with Crippen molar-refractivity contribution in [1.82, 2.24) is 4.90 Å². The fourth-order valence-electron chi connectivity index (χ4n) is 1.68. The van der Waals surface area contributed by atoms with Crippen LogP contribution in [0.2, 0.25) is 0 Å². The fourth-order valence-corrected chi connectivity index (χ4v) is 1.68. The maximum absolute atomic E-state index is 11.7. The third-order valence-corrected chi connectivity index (χ3v) is 2.60. The van der Waals surface area contributed by atoms with Crippen molar-refractivity contribution in [3.05, 3.63) is 0 Å². The summed E-state index contributed by atoms with van der Waals surface area (Å²) in [5, 5.41) is 18.2. The number of carbonyl (C=O) groups is 2. The van der Waals surface area contributed by atoms with Crippen LogP contribution >= 0.6 is 0 Å². The molecule has 0 bridgehead atoms. The molecule has 1 aliphatic rings. The number of nitrogens with two attached hydrogens (primary N) is 1. The number of β-amino-alcohol motifs (C(OH)–C–C–N with tert-alkyl or cyclic N) is 1. The molecule has 3 atom stereocenters. The number of amides is 1. The van der Waals surface area contributed by atoms with Crippen LogP contribution in [0.15, 0.2) is 0 Å². The predicted octanol–water partition coefficient (Wildman–Crippen LogP) is -1.23. The smallest absolute Gasteiger partial charge is 0.326 e. The van der Waals surface area contributed by atoms with E-state index in [1.54, 1.807) is 6.92 Å². The average molecular weight is 216 g/mol. The van der Waals surface area contributed by atoms with Crippen LogP contribution in [0.3, 0.4) is 0 Å². The minimum absolute atomic E-state index is 0.0590. The van der Waals surface area contributed by atoms with Gasteiger partial charge < -0.3 is 20.8 Å². The molecule has 0 aliphatic carbocycles. The van der Waals surface area contributed by atoms with Crippen molar-refractivity contribution in [2.75, 3.05) is 6.54 Å². The number of carboxylic acid groups (broad SMARTS) is 1. The van der Waals surface area contributed by atoms with Crippen LogP contribution in [-0.4, -0.2) is 51.7 Å². The lowest BCUT2D eigenvalue weighted by molar-refractivity contribution is -0.148. The van der Waals surface area contributed by atoms with E-state index in [9.17, 15) is 14.7 Å². The Morgan fingerprint density at radius 1 is 1.60 bits per heavy atom. The molecule has 0 spiro atoms. The highest BCUT2D eigenvalue weighted by molar-refractivity contribution is 5.87. The number of rotatable bonds is 3. The number of aliphatic carboxylic acids is 1. The number of hydrogen-bond donors (Lipinski definition) is 3. The zero-order valence-corrected chi connectivity index (χ0v) is 8.59. The molecule has 0 aromatic heterocycles. The molecule has 1 rings (SSSR count). The van der Waals surface area contributed by atoms with Gasteiger partial charge in [0.2, 0.25) is 5.91 Å². The first kappa shape index (κ1) is 11.9. The Hall–Kier alpha value is -1.14. The molecule has 0 aromatic rings. The van der Waals surface area contributed by atoms with Gasteiger partial charge in [0.15, 0.2) is 0 Å². The van der Waals surface area contributed by atoms with E-state index in [0.29, 0.717) is 6.42 Å². The summed E-state index contributed by atoms with van der Waals surface area (Å²) in [5.41, 5.74) is 5.54. The van der Waals surface area contributed by atoms with Crippen LogP contribution in [-0.2, 0) is 9.59 Å². The van der Waals surface area contributed by atoms with Crippen LogP contribution < -0.4 is 5.73 Å². The van der Waals surface area contributed by atoms with Crippen molar-refractivity contribution in [2.24, 2.45) is 5.73 Å². The molecular formula is C9H16N2O4. The third-order valence-electron chi connectivity index (χ3n) is 2.60. The monoisotopic (exact) mass is 216 g/mol. The Bertz CT molecular complexity index is 269. The Balaban J connectivity index is 2.75. The van der Waals surface area contributed by atoms with Crippen molar-refractivity contribution >= 4 is 11.9 Å². The summed E-state index contributed by atoms with van der Waals surface area (Å²) in [6.07, 6.45) is -0.228. The summed E-state index contributed by atoms with van der Waals surface area (Å²) in [4.78, 5) is 23.6. The molecule has 1 saturated heterocycles. The normalized spacial score (nSPS) is 27.8. The van der Waals surface area contributed by atoms with Gasteiger partial charge in [0, 0.05) is 13.0 Å². The van der Waals surface area contributed by atoms with Crippen molar-refractivity contribution in [3.8, 4) is 0 Å². The standard InChI is InChI=1S/C9H16N2O4/c1-2-6(10)8(13)11-4-5(12)3-7(11)9(14)15/h5-7,12H,2-4,10H2,1H3,(H,14,15)/t5-,6-,7+/m1/s1. The first-order valence-electron chi connectivity index (χ1n) is 4.94.